The molecule has 0 unspecified atom stereocenters. The Morgan fingerprint density at radius 3 is 2.41 bits per heavy atom. The van der Waals surface area contributed by atoms with Gasteiger partial charge in [0, 0.05) is 49.6 Å². The number of nitrogens with zero attached hydrogens (tertiary/aromatic N) is 3. The van der Waals surface area contributed by atoms with Gasteiger partial charge in [-0.25, -0.2) is 4.39 Å². The Kier molecular flexibility index (Phi) is 12.8. The number of hydrogen-bond donors (Lipinski definition) is 6. The van der Waals surface area contributed by atoms with Gasteiger partial charge in [0.2, 0.25) is 17.8 Å². The van der Waals surface area contributed by atoms with Crippen molar-refractivity contribution in [1.82, 2.24) is 20.3 Å². The Balaban J connectivity index is 1.61. The number of benzene rings is 2. The molecule has 12 nitrogen and oxygen atoms in total. The highest BCUT2D eigenvalue weighted by molar-refractivity contribution is 5.95. The number of nitrogens with one attached hydrogen (secondary N) is 4. The zero-order chi connectivity index (χ0) is 27.7. The normalized spacial score (nSPS) is 10.7. The van der Waals surface area contributed by atoms with E-state index in [9.17, 15) is 9.18 Å². The highest BCUT2D eigenvalue weighted by Crippen LogP contribution is 2.18. The number of halogens is 1. The number of carbonyl (C=O) groups excluding carboxylic acids is 1. The molecule has 0 aliphatic rings. The fourth-order valence-corrected chi connectivity index (χ4v) is 3.30. The first-order chi connectivity index (χ1) is 19.1. The van der Waals surface area contributed by atoms with E-state index in [0.29, 0.717) is 69.3 Å². The van der Waals surface area contributed by atoms with E-state index < -0.39 is 0 Å². The Hall–Kier alpha value is -3.91. The van der Waals surface area contributed by atoms with Crippen LogP contribution < -0.4 is 27.0 Å². The fourth-order valence-electron chi connectivity index (χ4n) is 3.30. The van der Waals surface area contributed by atoms with Gasteiger partial charge in [-0.15, -0.1) is 0 Å². The van der Waals surface area contributed by atoms with Crippen LogP contribution in [0.4, 0.5) is 27.9 Å². The lowest BCUT2D eigenvalue weighted by molar-refractivity contribution is 0.0511. The molecule has 210 valence electrons. The van der Waals surface area contributed by atoms with Gasteiger partial charge in [0.15, 0.2) is 0 Å². The first-order valence-electron chi connectivity index (χ1n) is 12.7. The minimum absolute atomic E-state index is 0.0196. The number of ether oxygens (including phenoxy) is 2. The average molecular weight is 543 g/mol. The maximum absolute atomic E-state index is 14.0. The highest BCUT2D eigenvalue weighted by atomic mass is 19.1. The molecule has 0 fully saturated rings. The van der Waals surface area contributed by atoms with Crippen molar-refractivity contribution in [2.24, 2.45) is 5.73 Å². The zero-order valence-corrected chi connectivity index (χ0v) is 21.7. The number of amides is 1. The van der Waals surface area contributed by atoms with Crippen molar-refractivity contribution >= 4 is 29.4 Å². The van der Waals surface area contributed by atoms with Gasteiger partial charge in [-0.05, 0) is 30.7 Å². The highest BCUT2D eigenvalue weighted by Gasteiger charge is 2.10. The van der Waals surface area contributed by atoms with Crippen LogP contribution in [0.2, 0.25) is 0 Å². The van der Waals surface area contributed by atoms with Gasteiger partial charge >= 0.3 is 0 Å². The maximum atomic E-state index is 14.0. The topological polar surface area (TPSA) is 169 Å². The predicted molar refractivity (Wildman–Crippen MR) is 146 cm³/mol. The Morgan fingerprint density at radius 2 is 1.64 bits per heavy atom. The number of aliphatic hydroxyl groups is 1. The predicted octanol–water partition coefficient (Wildman–Crippen LogP) is 1.88. The van der Waals surface area contributed by atoms with Crippen LogP contribution in [0.1, 0.15) is 22.3 Å². The third-order valence-corrected chi connectivity index (χ3v) is 5.20. The number of nitrogens with two attached hydrogens (primary N) is 1. The zero-order valence-electron chi connectivity index (χ0n) is 21.7. The Bertz CT molecular complexity index is 1170. The van der Waals surface area contributed by atoms with Gasteiger partial charge in [0.1, 0.15) is 5.82 Å². The lowest BCUT2D eigenvalue weighted by Crippen LogP contribution is -2.27. The third kappa shape index (κ3) is 10.8. The van der Waals surface area contributed by atoms with E-state index in [-0.39, 0.29) is 42.7 Å². The molecule has 0 spiro atoms. The second-order valence-corrected chi connectivity index (χ2v) is 8.23. The molecule has 0 saturated carbocycles. The molecular formula is C26H35FN8O4. The molecule has 1 amide bonds. The number of hydrogen-bond acceptors (Lipinski definition) is 11. The molecule has 7 N–H and O–H groups in total. The molecule has 1 aromatic heterocycles. The van der Waals surface area contributed by atoms with E-state index in [1.807, 2.05) is 0 Å². The summed E-state index contributed by atoms with van der Waals surface area (Å²) in [4.78, 5) is 25.7. The molecule has 1 heterocycles. The second kappa shape index (κ2) is 16.8. The molecule has 0 atom stereocenters. The fraction of sp³-hybridized carbons (Fsp3) is 0.385. The van der Waals surface area contributed by atoms with Crippen LogP contribution in [0.3, 0.4) is 0 Å². The summed E-state index contributed by atoms with van der Waals surface area (Å²) in [5.74, 6) is 0.131. The third-order valence-electron chi connectivity index (χ3n) is 5.20. The summed E-state index contributed by atoms with van der Waals surface area (Å²) in [5.41, 5.74) is 6.85. The second-order valence-electron chi connectivity index (χ2n) is 8.23. The van der Waals surface area contributed by atoms with E-state index in [0.717, 1.165) is 0 Å². The van der Waals surface area contributed by atoms with E-state index in [1.54, 1.807) is 42.5 Å². The van der Waals surface area contributed by atoms with Crippen molar-refractivity contribution in [3.63, 3.8) is 0 Å². The summed E-state index contributed by atoms with van der Waals surface area (Å²) >= 11 is 0. The van der Waals surface area contributed by atoms with Crippen LogP contribution in [0.5, 0.6) is 0 Å². The van der Waals surface area contributed by atoms with Crippen LogP contribution in [0, 0.1) is 5.82 Å². The summed E-state index contributed by atoms with van der Waals surface area (Å²) in [5, 5.41) is 21.0. The van der Waals surface area contributed by atoms with E-state index in [4.69, 9.17) is 20.3 Å². The number of rotatable bonds is 18. The number of carbonyl (C=O) groups is 1. The molecule has 13 heteroatoms. The van der Waals surface area contributed by atoms with Gasteiger partial charge in [-0.2, -0.15) is 15.0 Å². The van der Waals surface area contributed by atoms with Gasteiger partial charge in [0.05, 0.1) is 26.4 Å². The quantitative estimate of drug-likeness (QED) is 0.130. The van der Waals surface area contributed by atoms with E-state index in [2.05, 4.69) is 36.2 Å². The summed E-state index contributed by atoms with van der Waals surface area (Å²) in [6.45, 7) is 3.18. The van der Waals surface area contributed by atoms with Gasteiger partial charge in [-0.3, -0.25) is 4.79 Å². The largest absolute Gasteiger partial charge is 0.396 e. The number of anilines is 4. The molecular weight excluding hydrogens is 507 g/mol. The maximum Gasteiger partial charge on any atom is 0.251 e. The van der Waals surface area contributed by atoms with Crippen molar-refractivity contribution in [3.05, 3.63) is 65.5 Å². The summed E-state index contributed by atoms with van der Waals surface area (Å²) in [6, 6.07) is 13.3. The molecule has 0 aliphatic carbocycles. The van der Waals surface area contributed by atoms with Crippen LogP contribution in [-0.4, -0.2) is 78.6 Å². The molecule has 0 saturated heterocycles. The molecule has 3 rings (SSSR count). The van der Waals surface area contributed by atoms with Crippen molar-refractivity contribution in [1.29, 1.82) is 0 Å². The molecule has 0 aliphatic heterocycles. The lowest BCUT2D eigenvalue weighted by Gasteiger charge is -2.12. The first kappa shape index (κ1) is 29.6. The first-order valence-corrected chi connectivity index (χ1v) is 12.7. The van der Waals surface area contributed by atoms with E-state index >= 15 is 0 Å². The minimum Gasteiger partial charge on any atom is -0.396 e. The molecule has 0 radical (unpaired) electrons. The summed E-state index contributed by atoms with van der Waals surface area (Å²) in [6.07, 6.45) is 0.511. The van der Waals surface area contributed by atoms with Gasteiger partial charge in [-0.1, -0.05) is 24.3 Å². The van der Waals surface area contributed by atoms with Crippen molar-refractivity contribution < 1.29 is 23.8 Å². The van der Waals surface area contributed by atoms with Crippen molar-refractivity contribution in [2.75, 3.05) is 68.6 Å². The molecule has 39 heavy (non-hydrogen) atoms. The average Bonchev–Trinajstić information content (AvgIpc) is 2.94. The summed E-state index contributed by atoms with van der Waals surface area (Å²) in [7, 11) is 0. The van der Waals surface area contributed by atoms with Gasteiger partial charge in [0.25, 0.3) is 5.91 Å². The standard InChI is InChI=1S/C26H35FN8O4/c27-22-8-2-1-5-20(22)18-31-25-33-24(30-10-4-12-36)34-26(35-25)32-21-7-3-6-19(17-21)23(37)29-11-14-39-16-15-38-13-9-28/h1-3,5-8,17,36H,4,9-16,18,28H2,(H,29,37)(H3,30,31,32,33,34,35). The van der Waals surface area contributed by atoms with Crippen LogP contribution in [-0.2, 0) is 16.0 Å². The minimum atomic E-state index is -0.336. The van der Waals surface area contributed by atoms with Crippen LogP contribution >= 0.6 is 0 Å². The smallest absolute Gasteiger partial charge is 0.251 e. The van der Waals surface area contributed by atoms with Crippen molar-refractivity contribution in [3.8, 4) is 0 Å². The number of aliphatic hydroxyl groups excluding tert-OH is 1. The SMILES string of the molecule is NCCOCCOCCNC(=O)c1cccc(Nc2nc(NCCCO)nc(NCc3ccccc3F)n2)c1. The van der Waals surface area contributed by atoms with Crippen molar-refractivity contribution in [2.45, 2.75) is 13.0 Å². The van der Waals surface area contributed by atoms with Gasteiger partial charge < -0.3 is 41.6 Å². The van der Waals surface area contributed by atoms with Crippen LogP contribution in [0.25, 0.3) is 0 Å². The van der Waals surface area contributed by atoms with E-state index in [1.165, 1.54) is 6.07 Å². The lowest BCUT2D eigenvalue weighted by atomic mass is 10.2. The molecule has 3 aromatic rings. The summed E-state index contributed by atoms with van der Waals surface area (Å²) < 4.78 is 24.7. The monoisotopic (exact) mass is 542 g/mol. The molecule has 0 bridgehead atoms. The Morgan fingerprint density at radius 1 is 0.897 bits per heavy atom. The molecule has 2 aromatic carbocycles. The Labute approximate surface area is 226 Å². The number of aromatic nitrogens is 3. The van der Waals surface area contributed by atoms with Crippen LogP contribution in [0.15, 0.2) is 48.5 Å².